The highest BCUT2D eigenvalue weighted by atomic mass is 32.1. The predicted octanol–water partition coefficient (Wildman–Crippen LogP) is 2.20. The number of nitrogens with zero attached hydrogens (tertiary/aromatic N) is 5. The second kappa shape index (κ2) is 7.14. The Bertz CT molecular complexity index is 786. The molecule has 1 aliphatic carbocycles. The minimum Gasteiger partial charge on any atom is -0.339 e. The van der Waals surface area contributed by atoms with Gasteiger partial charge >= 0.3 is 0 Å². The lowest BCUT2D eigenvalue weighted by molar-refractivity contribution is -0.136. The molecule has 9 heteroatoms. The summed E-state index contributed by atoms with van der Waals surface area (Å²) < 4.78 is 5.33. The molecule has 0 radical (unpaired) electrons. The molecule has 2 aromatic heterocycles. The normalized spacial score (nSPS) is 20.4. The maximum absolute atomic E-state index is 12.9. The van der Waals surface area contributed by atoms with Gasteiger partial charge < -0.3 is 9.42 Å². The van der Waals surface area contributed by atoms with Crippen molar-refractivity contribution in [3.05, 3.63) is 23.3 Å². The number of aromatic nitrogens is 3. The summed E-state index contributed by atoms with van der Waals surface area (Å²) in [6.45, 7) is 3.14. The van der Waals surface area contributed by atoms with Gasteiger partial charge in [-0.2, -0.15) is 4.98 Å². The van der Waals surface area contributed by atoms with E-state index in [0.29, 0.717) is 42.4 Å². The van der Waals surface area contributed by atoms with Crippen molar-refractivity contribution < 1.29 is 14.1 Å². The zero-order chi connectivity index (χ0) is 18.1. The number of rotatable bonds is 6. The Morgan fingerprint density at radius 3 is 2.96 bits per heavy atom. The molecule has 0 N–H and O–H groups in total. The van der Waals surface area contributed by atoms with Crippen LogP contribution in [0.3, 0.4) is 0 Å². The summed E-state index contributed by atoms with van der Waals surface area (Å²) in [5.74, 6) is 1.13. The van der Waals surface area contributed by atoms with Crippen LogP contribution in [0.4, 0.5) is 5.13 Å². The second-order valence-corrected chi connectivity index (χ2v) is 7.62. The summed E-state index contributed by atoms with van der Waals surface area (Å²) in [7, 11) is 0. The van der Waals surface area contributed by atoms with Crippen molar-refractivity contribution in [1.82, 2.24) is 20.0 Å². The molecule has 2 aliphatic rings. The second-order valence-electron chi connectivity index (χ2n) is 6.75. The standard InChI is InChI=1S/C17H21N5O3S/c1-2-21(10-13-19-15(25-20-13)11-4-3-5-11)16(24)12-8-14(23)22(9-12)17-18-6-7-26-17/h6-7,11-12H,2-5,8-10H2,1H3. The third-order valence-corrected chi connectivity index (χ3v) is 5.88. The number of hydrogen-bond acceptors (Lipinski definition) is 7. The van der Waals surface area contributed by atoms with Crippen molar-refractivity contribution in [2.24, 2.45) is 5.92 Å². The minimum absolute atomic E-state index is 0.0464. The Balaban J connectivity index is 1.41. The minimum atomic E-state index is -0.357. The molecule has 1 saturated heterocycles. The Morgan fingerprint density at radius 1 is 1.46 bits per heavy atom. The van der Waals surface area contributed by atoms with Gasteiger partial charge in [-0.1, -0.05) is 11.6 Å². The topological polar surface area (TPSA) is 92.4 Å². The van der Waals surface area contributed by atoms with E-state index in [2.05, 4.69) is 15.1 Å². The molecule has 8 nitrogen and oxygen atoms in total. The summed E-state index contributed by atoms with van der Waals surface area (Å²) in [5.41, 5.74) is 0. The van der Waals surface area contributed by atoms with Crippen LogP contribution in [-0.4, -0.2) is 44.9 Å². The average molecular weight is 375 g/mol. The summed E-state index contributed by atoms with van der Waals surface area (Å²) >= 11 is 1.40. The fourth-order valence-corrected chi connectivity index (χ4v) is 4.00. The maximum atomic E-state index is 12.9. The summed E-state index contributed by atoms with van der Waals surface area (Å²) in [4.78, 5) is 37.1. The van der Waals surface area contributed by atoms with E-state index >= 15 is 0 Å². The Hall–Kier alpha value is -2.29. The van der Waals surface area contributed by atoms with Crippen molar-refractivity contribution in [1.29, 1.82) is 0 Å². The smallest absolute Gasteiger partial charge is 0.229 e. The molecule has 0 bridgehead atoms. The van der Waals surface area contributed by atoms with Crippen molar-refractivity contribution in [3.8, 4) is 0 Å². The van der Waals surface area contributed by atoms with E-state index in [1.54, 1.807) is 16.0 Å². The van der Waals surface area contributed by atoms with Gasteiger partial charge in [0.15, 0.2) is 11.0 Å². The van der Waals surface area contributed by atoms with Crippen LogP contribution in [0.5, 0.6) is 0 Å². The van der Waals surface area contributed by atoms with Gasteiger partial charge in [-0.05, 0) is 19.8 Å². The first-order valence-corrected chi connectivity index (χ1v) is 9.84. The van der Waals surface area contributed by atoms with Crippen LogP contribution in [-0.2, 0) is 16.1 Å². The van der Waals surface area contributed by atoms with Crippen molar-refractivity contribution in [2.45, 2.75) is 45.1 Å². The molecule has 1 aliphatic heterocycles. The van der Waals surface area contributed by atoms with Crippen molar-refractivity contribution in [3.63, 3.8) is 0 Å². The molecule has 1 saturated carbocycles. The fourth-order valence-electron chi connectivity index (χ4n) is 3.33. The van der Waals surface area contributed by atoms with Gasteiger partial charge in [0.25, 0.3) is 0 Å². The van der Waals surface area contributed by atoms with Crippen LogP contribution in [0.1, 0.15) is 50.2 Å². The number of hydrogen-bond donors (Lipinski definition) is 0. The number of thiazole rings is 1. The van der Waals surface area contributed by atoms with E-state index in [0.717, 1.165) is 12.8 Å². The third-order valence-electron chi connectivity index (χ3n) is 5.09. The summed E-state index contributed by atoms with van der Waals surface area (Å²) in [6.07, 6.45) is 5.27. The van der Waals surface area contributed by atoms with Gasteiger partial charge in [0, 0.05) is 37.0 Å². The lowest BCUT2D eigenvalue weighted by Crippen LogP contribution is -2.37. The Kier molecular flexibility index (Phi) is 4.71. The van der Waals surface area contributed by atoms with E-state index < -0.39 is 0 Å². The molecule has 138 valence electrons. The molecule has 26 heavy (non-hydrogen) atoms. The van der Waals surface area contributed by atoms with Gasteiger partial charge in [0.05, 0.1) is 12.5 Å². The van der Waals surface area contributed by atoms with E-state index in [4.69, 9.17) is 4.52 Å². The Morgan fingerprint density at radius 2 is 2.31 bits per heavy atom. The molecule has 4 rings (SSSR count). The lowest BCUT2D eigenvalue weighted by atomic mass is 9.85. The first-order valence-electron chi connectivity index (χ1n) is 8.96. The molecule has 2 amide bonds. The molecule has 0 aromatic carbocycles. The molecule has 3 heterocycles. The number of amides is 2. The third kappa shape index (κ3) is 3.23. The van der Waals surface area contributed by atoms with Crippen LogP contribution in [0, 0.1) is 5.92 Å². The molecule has 0 spiro atoms. The van der Waals surface area contributed by atoms with Gasteiger partial charge in [0.2, 0.25) is 17.7 Å². The SMILES string of the molecule is CCN(Cc1noc(C2CCC2)n1)C(=O)C1CC(=O)N(c2nccs2)C1. The molecular formula is C17H21N5O3S. The summed E-state index contributed by atoms with van der Waals surface area (Å²) in [6, 6.07) is 0. The molecule has 2 aromatic rings. The molecular weight excluding hydrogens is 354 g/mol. The van der Waals surface area contributed by atoms with Gasteiger partial charge in [-0.3, -0.25) is 14.5 Å². The van der Waals surface area contributed by atoms with E-state index in [-0.39, 0.29) is 24.2 Å². The zero-order valence-electron chi connectivity index (χ0n) is 14.6. The Labute approximate surface area is 155 Å². The number of carbonyl (C=O) groups excluding carboxylic acids is 2. The highest BCUT2D eigenvalue weighted by Crippen LogP contribution is 2.35. The quantitative estimate of drug-likeness (QED) is 0.768. The fraction of sp³-hybridized carbons (Fsp3) is 0.588. The molecule has 1 unspecified atom stereocenters. The van der Waals surface area contributed by atoms with Crippen LogP contribution in [0.15, 0.2) is 16.1 Å². The number of carbonyl (C=O) groups is 2. The van der Waals surface area contributed by atoms with E-state index in [1.807, 2.05) is 12.3 Å². The van der Waals surface area contributed by atoms with Crippen LogP contribution in [0.2, 0.25) is 0 Å². The van der Waals surface area contributed by atoms with Crippen LogP contribution in [0.25, 0.3) is 0 Å². The first-order chi connectivity index (χ1) is 12.7. The largest absolute Gasteiger partial charge is 0.339 e. The van der Waals surface area contributed by atoms with Crippen molar-refractivity contribution >= 4 is 28.3 Å². The van der Waals surface area contributed by atoms with E-state index in [1.165, 1.54) is 17.8 Å². The predicted molar refractivity (Wildman–Crippen MR) is 94.6 cm³/mol. The van der Waals surface area contributed by atoms with Gasteiger partial charge in [0.1, 0.15) is 0 Å². The number of anilines is 1. The van der Waals surface area contributed by atoms with Gasteiger partial charge in [-0.15, -0.1) is 11.3 Å². The zero-order valence-corrected chi connectivity index (χ0v) is 15.4. The first kappa shape index (κ1) is 17.1. The van der Waals surface area contributed by atoms with Crippen LogP contribution < -0.4 is 4.90 Å². The summed E-state index contributed by atoms with van der Waals surface area (Å²) in [5, 5.41) is 6.50. The van der Waals surface area contributed by atoms with E-state index in [9.17, 15) is 9.59 Å². The van der Waals surface area contributed by atoms with Crippen molar-refractivity contribution in [2.75, 3.05) is 18.0 Å². The van der Waals surface area contributed by atoms with Crippen LogP contribution >= 0.6 is 11.3 Å². The highest BCUT2D eigenvalue weighted by molar-refractivity contribution is 7.13. The molecule has 1 atom stereocenters. The highest BCUT2D eigenvalue weighted by Gasteiger charge is 2.38. The maximum Gasteiger partial charge on any atom is 0.229 e. The molecule has 2 fully saturated rings. The lowest BCUT2D eigenvalue weighted by Gasteiger charge is -2.22. The van der Waals surface area contributed by atoms with Gasteiger partial charge in [-0.25, -0.2) is 4.98 Å². The average Bonchev–Trinajstić information content (AvgIpc) is 3.31. The monoisotopic (exact) mass is 375 g/mol.